The second kappa shape index (κ2) is 16.3. The van der Waals surface area contributed by atoms with Gasteiger partial charge in [-0.2, -0.15) is 0 Å². The van der Waals surface area contributed by atoms with Gasteiger partial charge in [-0.3, -0.25) is 9.78 Å². The van der Waals surface area contributed by atoms with Crippen LogP contribution in [0.1, 0.15) is 96.8 Å². The predicted octanol–water partition coefficient (Wildman–Crippen LogP) is 8.22. The molecular weight excluding hydrogens is 396 g/mol. The monoisotopic (exact) mass is 438 g/mol. The van der Waals surface area contributed by atoms with Crippen LogP contribution in [-0.4, -0.2) is 18.0 Å². The highest BCUT2D eigenvalue weighted by Gasteiger charge is 2.12. The number of ether oxygens (including phenoxy) is 1. The molecule has 0 radical (unpaired) electrons. The molecule has 2 rings (SSSR count). The van der Waals surface area contributed by atoms with Gasteiger partial charge >= 0.3 is 0 Å². The van der Waals surface area contributed by atoms with E-state index in [9.17, 15) is 4.79 Å². The molecule has 0 atom stereocenters. The molecule has 0 unspecified atom stereocenters. The normalized spacial score (nSPS) is 11.3. The topological polar surface area (TPSA) is 51.2 Å². The largest absolute Gasteiger partial charge is 0.495 e. The predicted molar refractivity (Wildman–Crippen MR) is 136 cm³/mol. The van der Waals surface area contributed by atoms with E-state index in [0.29, 0.717) is 12.2 Å². The Hall–Kier alpha value is -2.36. The van der Waals surface area contributed by atoms with Gasteiger partial charge in [0.25, 0.3) is 0 Å². The highest BCUT2D eigenvalue weighted by Crippen LogP contribution is 2.32. The molecule has 0 saturated heterocycles. The van der Waals surface area contributed by atoms with Gasteiger partial charge in [-0.1, -0.05) is 70.4 Å². The van der Waals surface area contributed by atoms with Crippen LogP contribution in [0.4, 0.5) is 5.69 Å². The fourth-order valence-corrected chi connectivity index (χ4v) is 3.99. The summed E-state index contributed by atoms with van der Waals surface area (Å²) in [5.74, 6) is 0.709. The van der Waals surface area contributed by atoms with Crippen LogP contribution in [0.2, 0.25) is 0 Å². The SMILES string of the molecule is CCCCCCCCC=CCCCCCCCC(=O)Nc1c(OC)ccc2ncccc12. The van der Waals surface area contributed by atoms with Crippen LogP contribution >= 0.6 is 0 Å². The Morgan fingerprint density at radius 1 is 0.906 bits per heavy atom. The summed E-state index contributed by atoms with van der Waals surface area (Å²) in [5.41, 5.74) is 1.57. The van der Waals surface area contributed by atoms with Crippen molar-refractivity contribution in [2.24, 2.45) is 0 Å². The van der Waals surface area contributed by atoms with E-state index in [1.165, 1.54) is 70.6 Å². The molecule has 176 valence electrons. The van der Waals surface area contributed by atoms with Gasteiger partial charge < -0.3 is 10.1 Å². The van der Waals surface area contributed by atoms with E-state index in [4.69, 9.17) is 4.74 Å². The summed E-state index contributed by atoms with van der Waals surface area (Å²) in [6, 6.07) is 7.60. The molecule has 0 fully saturated rings. The van der Waals surface area contributed by atoms with Crippen LogP contribution in [0.5, 0.6) is 5.75 Å². The Bertz CT molecular complexity index is 816. The van der Waals surface area contributed by atoms with Crippen molar-refractivity contribution in [1.29, 1.82) is 0 Å². The summed E-state index contributed by atoms with van der Waals surface area (Å²) in [4.78, 5) is 16.8. The molecule has 1 aromatic carbocycles. The molecule has 1 heterocycles. The molecule has 4 nitrogen and oxygen atoms in total. The molecule has 1 aromatic heterocycles. The third-order valence-corrected chi connectivity index (χ3v) is 5.90. The number of methoxy groups -OCH3 is 1. The van der Waals surface area contributed by atoms with Gasteiger partial charge in [0.2, 0.25) is 5.91 Å². The number of carbonyl (C=O) groups excluding carboxylic acids is 1. The Kier molecular flexibility index (Phi) is 13.2. The van der Waals surface area contributed by atoms with Crippen LogP contribution in [-0.2, 0) is 4.79 Å². The van der Waals surface area contributed by atoms with Gasteiger partial charge in [-0.25, -0.2) is 0 Å². The number of nitrogens with one attached hydrogen (secondary N) is 1. The number of pyridine rings is 1. The zero-order valence-corrected chi connectivity index (χ0v) is 20.2. The van der Waals surface area contributed by atoms with E-state index in [1.54, 1.807) is 13.3 Å². The van der Waals surface area contributed by atoms with Crippen LogP contribution in [0, 0.1) is 0 Å². The second-order valence-electron chi connectivity index (χ2n) is 8.60. The summed E-state index contributed by atoms with van der Waals surface area (Å²) in [6.45, 7) is 2.27. The number of hydrogen-bond acceptors (Lipinski definition) is 3. The van der Waals surface area contributed by atoms with Gasteiger partial charge in [0, 0.05) is 18.0 Å². The van der Waals surface area contributed by atoms with Crippen molar-refractivity contribution in [3.63, 3.8) is 0 Å². The lowest BCUT2D eigenvalue weighted by atomic mass is 10.1. The smallest absolute Gasteiger partial charge is 0.224 e. The fraction of sp³-hybridized carbons (Fsp3) is 0.571. The number of benzene rings is 1. The molecule has 0 bridgehead atoms. The van der Waals surface area contributed by atoms with Crippen molar-refractivity contribution < 1.29 is 9.53 Å². The zero-order valence-electron chi connectivity index (χ0n) is 20.2. The first-order valence-electron chi connectivity index (χ1n) is 12.6. The first-order chi connectivity index (χ1) is 15.8. The number of nitrogens with zero attached hydrogens (tertiary/aromatic N) is 1. The fourth-order valence-electron chi connectivity index (χ4n) is 3.99. The number of fused-ring (bicyclic) bond motifs is 1. The standard InChI is InChI=1S/C28H42N2O2/c1-3-4-5-6-7-8-9-10-11-12-13-14-15-16-17-20-27(31)30-28-24-19-18-23-29-25(24)21-22-26(28)32-2/h10-11,18-19,21-23H,3-9,12-17,20H2,1-2H3,(H,30,31). The maximum atomic E-state index is 12.5. The highest BCUT2D eigenvalue weighted by atomic mass is 16.5. The van der Waals surface area contributed by atoms with Crippen molar-refractivity contribution in [2.45, 2.75) is 96.8 Å². The number of allylic oxidation sites excluding steroid dienone is 2. The van der Waals surface area contributed by atoms with E-state index in [-0.39, 0.29) is 5.91 Å². The summed E-state index contributed by atoms with van der Waals surface area (Å²) >= 11 is 0. The van der Waals surface area contributed by atoms with Crippen LogP contribution in [0.25, 0.3) is 10.9 Å². The van der Waals surface area contributed by atoms with Gasteiger partial charge in [-0.05, 0) is 56.4 Å². The highest BCUT2D eigenvalue weighted by molar-refractivity contribution is 6.03. The summed E-state index contributed by atoms with van der Waals surface area (Å²) < 4.78 is 5.44. The quantitative estimate of drug-likeness (QED) is 0.200. The third kappa shape index (κ3) is 9.84. The molecule has 2 aromatic rings. The number of anilines is 1. The lowest BCUT2D eigenvalue weighted by Gasteiger charge is -2.13. The van der Waals surface area contributed by atoms with Crippen molar-refractivity contribution in [3.8, 4) is 5.75 Å². The summed E-state index contributed by atoms with van der Waals surface area (Å²) in [5, 5.41) is 3.95. The van der Waals surface area contributed by atoms with Crippen molar-refractivity contribution >= 4 is 22.5 Å². The lowest BCUT2D eigenvalue weighted by Crippen LogP contribution is -2.12. The molecule has 4 heteroatoms. The van der Waals surface area contributed by atoms with Crippen molar-refractivity contribution in [1.82, 2.24) is 4.98 Å². The van der Waals surface area contributed by atoms with Gasteiger partial charge in [0.1, 0.15) is 5.75 Å². The van der Waals surface area contributed by atoms with Gasteiger partial charge in [0.15, 0.2) is 0 Å². The van der Waals surface area contributed by atoms with E-state index < -0.39 is 0 Å². The number of rotatable bonds is 17. The maximum Gasteiger partial charge on any atom is 0.224 e. The number of amides is 1. The Balaban J connectivity index is 1.54. The summed E-state index contributed by atoms with van der Waals surface area (Å²) in [6.07, 6.45) is 23.4. The number of unbranched alkanes of at least 4 members (excludes halogenated alkanes) is 11. The molecule has 0 aliphatic rings. The minimum atomic E-state index is 0.0391. The van der Waals surface area contributed by atoms with E-state index in [1.807, 2.05) is 24.3 Å². The van der Waals surface area contributed by atoms with E-state index in [0.717, 1.165) is 29.4 Å². The van der Waals surface area contributed by atoms with Gasteiger partial charge in [-0.15, -0.1) is 0 Å². The van der Waals surface area contributed by atoms with Crippen LogP contribution < -0.4 is 10.1 Å². The molecule has 0 saturated carbocycles. The lowest BCUT2D eigenvalue weighted by molar-refractivity contribution is -0.116. The minimum Gasteiger partial charge on any atom is -0.495 e. The Morgan fingerprint density at radius 2 is 1.56 bits per heavy atom. The Labute approximate surface area is 194 Å². The molecule has 0 spiro atoms. The zero-order chi connectivity index (χ0) is 22.9. The second-order valence-corrected chi connectivity index (χ2v) is 8.60. The molecule has 1 N–H and O–H groups in total. The average Bonchev–Trinajstić information content (AvgIpc) is 2.81. The molecule has 1 amide bonds. The first-order valence-corrected chi connectivity index (χ1v) is 12.6. The maximum absolute atomic E-state index is 12.5. The van der Waals surface area contributed by atoms with Crippen LogP contribution in [0.15, 0.2) is 42.6 Å². The van der Waals surface area contributed by atoms with Crippen molar-refractivity contribution in [3.05, 3.63) is 42.6 Å². The molecule has 0 aliphatic heterocycles. The molecule has 0 aliphatic carbocycles. The van der Waals surface area contributed by atoms with E-state index in [2.05, 4.69) is 29.4 Å². The molecule has 32 heavy (non-hydrogen) atoms. The van der Waals surface area contributed by atoms with Crippen LogP contribution in [0.3, 0.4) is 0 Å². The average molecular weight is 439 g/mol. The first kappa shape index (κ1) is 25.9. The Morgan fingerprint density at radius 3 is 2.25 bits per heavy atom. The van der Waals surface area contributed by atoms with Crippen molar-refractivity contribution in [2.75, 3.05) is 12.4 Å². The van der Waals surface area contributed by atoms with Gasteiger partial charge in [0.05, 0.1) is 18.3 Å². The number of aromatic nitrogens is 1. The minimum absolute atomic E-state index is 0.0391. The summed E-state index contributed by atoms with van der Waals surface area (Å²) in [7, 11) is 1.62. The number of carbonyl (C=O) groups is 1. The molecular formula is C28H42N2O2. The van der Waals surface area contributed by atoms with E-state index >= 15 is 0 Å². The number of hydrogen-bond donors (Lipinski definition) is 1. The third-order valence-electron chi connectivity index (χ3n) is 5.90.